The molecule has 0 saturated heterocycles. The maximum Gasteiger partial charge on any atom is 0.265 e. The lowest BCUT2D eigenvalue weighted by Gasteiger charge is -2.19. The van der Waals surface area contributed by atoms with Crippen molar-refractivity contribution in [2.45, 2.75) is 271 Å². The van der Waals surface area contributed by atoms with Crippen molar-refractivity contribution in [1.29, 1.82) is 0 Å². The first-order chi connectivity index (χ1) is 63.8. The van der Waals surface area contributed by atoms with Crippen LogP contribution in [0.1, 0.15) is 261 Å². The van der Waals surface area contributed by atoms with Crippen LogP contribution in [0.25, 0.3) is 61.5 Å². The molecule has 8 aromatic carbocycles. The van der Waals surface area contributed by atoms with E-state index in [1.54, 1.807) is 66.0 Å². The molecule has 131 heavy (non-hydrogen) atoms. The molecule has 24 nitrogen and oxygen atoms in total. The Morgan fingerprint density at radius 1 is 0.443 bits per heavy atom. The summed E-state index contributed by atoms with van der Waals surface area (Å²) in [5.41, 5.74) is 13.8. The van der Waals surface area contributed by atoms with Crippen molar-refractivity contribution >= 4 is 94.7 Å². The number of amides is 3. The van der Waals surface area contributed by atoms with Gasteiger partial charge in [-0.3, -0.25) is 29.7 Å². The molecule has 26 heteroatoms. The van der Waals surface area contributed by atoms with Gasteiger partial charge in [-0.2, -0.15) is 0 Å². The Kier molecular flexibility index (Phi) is 38.1. The molecule has 14 rings (SSSR count). The van der Waals surface area contributed by atoms with Crippen LogP contribution in [0.15, 0.2) is 211 Å². The number of carbonyl (C=O) groups excluding carboxylic acids is 3. The minimum atomic E-state index is -3.25. The van der Waals surface area contributed by atoms with Crippen LogP contribution in [0.2, 0.25) is 0 Å². The number of aryl methyl sites for hydroxylation is 3. The van der Waals surface area contributed by atoms with Crippen LogP contribution in [0.4, 0.5) is 17.1 Å². The van der Waals surface area contributed by atoms with E-state index in [2.05, 4.69) is 79.1 Å². The number of nitrogens with one attached hydrogen (secondary N) is 6. The largest absolute Gasteiger partial charge is 0.508 e. The van der Waals surface area contributed by atoms with Gasteiger partial charge in [-0.15, -0.1) is 10.2 Å². The Hall–Kier alpha value is -12.0. The zero-order valence-electron chi connectivity index (χ0n) is 77.1. The average Bonchev–Trinajstić information content (AvgIpc) is 1.63. The summed E-state index contributed by atoms with van der Waals surface area (Å²) in [6.45, 7) is 12.5. The van der Waals surface area contributed by atoms with Crippen LogP contribution in [0.3, 0.4) is 0 Å². The second-order valence-electron chi connectivity index (χ2n) is 34.6. The lowest BCUT2D eigenvalue weighted by molar-refractivity contribution is -0.123. The topological polar surface area (TPSA) is 319 Å². The number of imidazole rings is 2. The van der Waals surface area contributed by atoms with E-state index >= 15 is 0 Å². The fourth-order valence-electron chi connectivity index (χ4n) is 16.6. The Bertz CT molecular complexity index is 6000. The number of nitrogens with zero attached hydrogens (tertiary/aromatic N) is 7. The van der Waals surface area contributed by atoms with E-state index in [0.717, 1.165) is 119 Å². The number of H-pyrrole nitrogens is 3. The van der Waals surface area contributed by atoms with Gasteiger partial charge in [-0.1, -0.05) is 261 Å². The summed E-state index contributed by atoms with van der Waals surface area (Å²) in [4.78, 5) is 49.7. The van der Waals surface area contributed by atoms with Crippen LogP contribution >= 0.6 is 0 Å². The Morgan fingerprint density at radius 2 is 0.870 bits per heavy atom. The van der Waals surface area contributed by atoms with Crippen molar-refractivity contribution < 1.29 is 50.9 Å². The van der Waals surface area contributed by atoms with E-state index in [0.29, 0.717) is 74.8 Å². The number of carbonyl (C=O) groups is 3. The predicted octanol–water partition coefficient (Wildman–Crippen LogP) is 25.3. The highest BCUT2D eigenvalue weighted by Crippen LogP contribution is 2.32. The minimum absolute atomic E-state index is 0.0271. The number of hydrogen-bond donors (Lipinski definition) is 8. The number of sulfone groups is 1. The quantitative estimate of drug-likeness (QED) is 0.0164. The molecule has 14 aromatic rings. The van der Waals surface area contributed by atoms with Crippen LogP contribution in [-0.2, 0) is 36.9 Å². The number of aromatic hydroxyl groups is 2. The van der Waals surface area contributed by atoms with E-state index in [1.807, 2.05) is 155 Å². The zero-order valence-corrected chi connectivity index (χ0v) is 78.8. The Balaban J connectivity index is 0.000000179. The van der Waals surface area contributed by atoms with Gasteiger partial charge < -0.3 is 39.8 Å². The van der Waals surface area contributed by atoms with Gasteiger partial charge in [0.25, 0.3) is 17.7 Å². The number of phenolic OH excluding ortho intramolecular Hbond substituents is 2. The highest BCUT2D eigenvalue weighted by Gasteiger charge is 2.27. The van der Waals surface area contributed by atoms with Gasteiger partial charge in [-0.25, -0.2) is 36.1 Å². The highest BCUT2D eigenvalue weighted by atomic mass is 32.2. The molecule has 0 saturated carbocycles. The molecule has 4 atom stereocenters. The Morgan fingerprint density at radius 3 is 1.36 bits per heavy atom. The monoisotopic (exact) mass is 1820 g/mol. The van der Waals surface area contributed by atoms with Gasteiger partial charge in [0.1, 0.15) is 34.3 Å². The van der Waals surface area contributed by atoms with Crippen molar-refractivity contribution in [1.82, 2.24) is 49.0 Å². The fourth-order valence-corrected chi connectivity index (χ4v) is 19.0. The van der Waals surface area contributed by atoms with Gasteiger partial charge in [0.2, 0.25) is 11.1 Å². The van der Waals surface area contributed by atoms with Crippen molar-refractivity contribution in [3.05, 3.63) is 229 Å². The van der Waals surface area contributed by atoms with Crippen LogP contribution in [0.5, 0.6) is 28.7 Å². The van der Waals surface area contributed by atoms with Crippen LogP contribution < -0.4 is 29.6 Å². The molecule has 0 radical (unpaired) electrons. The van der Waals surface area contributed by atoms with E-state index in [1.165, 1.54) is 147 Å². The van der Waals surface area contributed by atoms with Crippen molar-refractivity contribution in [2.75, 3.05) is 27.5 Å². The summed E-state index contributed by atoms with van der Waals surface area (Å²) in [6, 6.07) is 62.7. The molecule has 0 bridgehead atoms. The number of rotatable bonds is 52. The van der Waals surface area contributed by atoms with Gasteiger partial charge in [-0.05, 0) is 202 Å². The number of para-hydroxylation sites is 5. The molecule has 8 N–H and O–H groups in total. The zero-order chi connectivity index (χ0) is 92.1. The first-order valence-corrected chi connectivity index (χ1v) is 50.6. The number of phenols is 2. The molecule has 0 fully saturated rings. The van der Waals surface area contributed by atoms with Gasteiger partial charge >= 0.3 is 0 Å². The number of unbranched alkanes of at least 4 members (excludes halogenated alkanes) is 24. The number of fused-ring (bicyclic) bond motifs is 7. The number of anilines is 3. The molecule has 4 unspecified atom stereocenters. The summed E-state index contributed by atoms with van der Waals surface area (Å²) >= 11 is -1.74. The van der Waals surface area contributed by atoms with E-state index < -0.39 is 33.1 Å². The highest BCUT2D eigenvalue weighted by molar-refractivity contribution is 7.91. The Labute approximate surface area is 773 Å². The van der Waals surface area contributed by atoms with Crippen LogP contribution in [-0.4, -0.2) is 113 Å². The lowest BCUT2D eigenvalue weighted by Crippen LogP contribution is -2.33. The summed E-state index contributed by atoms with van der Waals surface area (Å²) in [7, 11) is -3.25. The first-order valence-electron chi connectivity index (χ1n) is 47.7. The molecule has 0 aliphatic carbocycles. The second kappa shape index (κ2) is 51.0. The molecule has 3 amide bonds. The molecular weight excluding hydrogens is 1680 g/mol. The van der Waals surface area contributed by atoms with Crippen molar-refractivity contribution in [3.63, 3.8) is 0 Å². The molecule has 0 spiro atoms. The first kappa shape index (κ1) is 98.0. The summed E-state index contributed by atoms with van der Waals surface area (Å²) < 4.78 is 62.6. The van der Waals surface area contributed by atoms with E-state index in [9.17, 15) is 37.2 Å². The number of ether oxygens (including phenoxy) is 2. The molecular formula is C105H133N13O11S2. The maximum atomic E-state index is 13.6. The number of aromatic nitrogens is 10. The number of aromatic amines is 3. The normalized spacial score (nSPS) is 12.5. The van der Waals surface area contributed by atoms with Crippen molar-refractivity contribution in [2.24, 2.45) is 5.92 Å². The second-order valence-corrected chi connectivity index (χ2v) is 37.9. The summed E-state index contributed by atoms with van der Waals surface area (Å²) in [6.07, 6.45) is 35.8. The minimum Gasteiger partial charge on any atom is -0.508 e. The van der Waals surface area contributed by atoms with Gasteiger partial charge in [0, 0.05) is 41.3 Å². The van der Waals surface area contributed by atoms with Crippen LogP contribution in [0, 0.1) is 19.8 Å². The SMILES string of the molecule is CCCCCCCCC(CCCCCC)CS(=O)(=O)CCc1nnc2c(C(=O)Nc3ccccc3)c(C)[nH]n12.CCCCCCCCCCC(Oc1ccc(OS(=O)c2ccc(O)cc2)cc1)C(=O)Nc1ccc(-c2cc3nc4ccccc4n3[nH]2)cc1.CCCCCCCCCCCCC(Oc1ccc(O)c(C)c1)C(=O)Nc1ccc(-c2cc3nc4ccccc4n3[nH]2)cc1. The number of benzene rings is 8. The smallest absolute Gasteiger partial charge is 0.265 e. The fraction of sp³-hybridized carbons (Fsp3) is 0.419. The average molecular weight is 1820 g/mol. The molecule has 6 aromatic heterocycles. The van der Waals surface area contributed by atoms with Crippen molar-refractivity contribution in [3.8, 4) is 51.3 Å². The molecule has 0 aliphatic heterocycles. The summed E-state index contributed by atoms with van der Waals surface area (Å²) in [5.74, 6) is 2.15. The number of hydrogen-bond acceptors (Lipinski definition) is 15. The maximum absolute atomic E-state index is 13.6. The molecule has 0 aliphatic rings. The predicted molar refractivity (Wildman–Crippen MR) is 528 cm³/mol. The third-order valence-electron chi connectivity index (χ3n) is 24.0. The third kappa shape index (κ3) is 29.7. The molecule has 6 heterocycles. The lowest BCUT2D eigenvalue weighted by atomic mass is 9.96. The third-order valence-corrected chi connectivity index (χ3v) is 26.8. The summed E-state index contributed by atoms with van der Waals surface area (Å²) in [5, 5.41) is 46.8. The van der Waals surface area contributed by atoms with E-state index in [-0.39, 0.29) is 53.1 Å². The standard InChI is InChI=1S/C39H42N4O5S.C36H44N4O3.C30H47N5O3S/c1-2-3-4-5-6-7-8-9-14-37(47-31-21-23-32(24-22-31)48-49(46)33-25-19-30(44)20-26-33)39(45)40-29-17-15-28(16-18-29)35-27-38-41-34-12-10-11-13-36(34)43(38)42-35;1-3-4-5-6-7-8-9-10-11-12-17-34(43-29-22-23-33(41)26(2)24-29)36(42)37-28-20-18-27(19-21-28)31-25-35-38-30-15-13-14-16-32(30)40(35)39-31;1-4-6-8-10-11-14-18-25(17-13-9-7-5-2)23-39(37,38)22-21-27-32-33-29-28(24(3)34-35(27)29)30(36)31-26-19-15-12-16-20-26/h10-13,15-27,37,42,44H,2-9,14H2,1H3,(H,40,45);13-16,18-25,34,39,41H,3-12,17H2,1-2H3,(H,37,42);12,15-16,19-20,25,34H,4-11,13-14,17-18,21-23H2,1-3H3,(H,31,36). The van der Waals surface area contributed by atoms with Gasteiger partial charge in [0.05, 0.1) is 49.9 Å². The van der Waals surface area contributed by atoms with Gasteiger partial charge in [0.15, 0.2) is 44.8 Å². The van der Waals surface area contributed by atoms with E-state index in [4.69, 9.17) is 13.7 Å². The molecule has 696 valence electrons.